The fourth-order valence-electron chi connectivity index (χ4n) is 2.46. The monoisotopic (exact) mass is 227 g/mol. The lowest BCUT2D eigenvalue weighted by Crippen LogP contribution is -2.53. The highest BCUT2D eigenvalue weighted by Crippen LogP contribution is 2.54. The lowest BCUT2D eigenvalue weighted by atomic mass is 9.61. The van der Waals surface area contributed by atoms with Crippen LogP contribution in [0.15, 0.2) is 18.2 Å². The fourth-order valence-corrected chi connectivity index (χ4v) is 2.46. The van der Waals surface area contributed by atoms with Gasteiger partial charge in [0.05, 0.1) is 0 Å². The third-order valence-corrected chi connectivity index (χ3v) is 3.31. The van der Waals surface area contributed by atoms with Crippen LogP contribution in [-0.4, -0.2) is 17.6 Å². The molecule has 1 saturated carbocycles. The van der Waals surface area contributed by atoms with Crippen LogP contribution in [0.4, 0.5) is 8.78 Å². The molecule has 3 N–H and O–H groups in total. The van der Waals surface area contributed by atoms with Crippen LogP contribution in [0.1, 0.15) is 24.0 Å². The summed E-state index contributed by atoms with van der Waals surface area (Å²) in [5.74, 6) is -2.58. The minimum Gasteiger partial charge on any atom is -0.508 e. The Morgan fingerprint density at radius 1 is 1.38 bits per heavy atom. The lowest BCUT2D eigenvalue weighted by Gasteiger charge is -2.47. The predicted molar refractivity (Wildman–Crippen MR) is 57.8 cm³/mol. The van der Waals surface area contributed by atoms with Gasteiger partial charge in [-0.15, -0.1) is 0 Å². The number of halogens is 2. The number of phenols is 1. The standard InChI is InChI=1S/C12H15F2NO/c1-8-2-3-10(16)9(4-8)11(7-15)5-12(13,14)6-11/h2-4,16H,5-7,15H2,1H3. The van der Waals surface area contributed by atoms with Crippen LogP contribution in [0.25, 0.3) is 0 Å². The van der Waals surface area contributed by atoms with E-state index in [1.54, 1.807) is 18.2 Å². The molecular formula is C12H15F2NO. The second-order valence-corrected chi connectivity index (χ2v) is 4.71. The summed E-state index contributed by atoms with van der Waals surface area (Å²) < 4.78 is 26.0. The van der Waals surface area contributed by atoms with Gasteiger partial charge >= 0.3 is 0 Å². The summed E-state index contributed by atoms with van der Waals surface area (Å²) in [5, 5.41) is 9.74. The van der Waals surface area contributed by atoms with Crippen LogP contribution in [-0.2, 0) is 5.41 Å². The molecule has 0 atom stereocenters. The van der Waals surface area contributed by atoms with Crippen LogP contribution >= 0.6 is 0 Å². The first-order valence-corrected chi connectivity index (χ1v) is 5.27. The quantitative estimate of drug-likeness (QED) is 0.814. The van der Waals surface area contributed by atoms with Gasteiger partial charge in [-0.2, -0.15) is 0 Å². The van der Waals surface area contributed by atoms with Gasteiger partial charge in [-0.1, -0.05) is 17.7 Å². The van der Waals surface area contributed by atoms with E-state index in [2.05, 4.69) is 0 Å². The molecule has 2 rings (SSSR count). The topological polar surface area (TPSA) is 46.2 Å². The first-order valence-electron chi connectivity index (χ1n) is 5.27. The van der Waals surface area contributed by atoms with E-state index in [0.29, 0.717) is 5.56 Å². The third kappa shape index (κ3) is 1.67. The molecule has 0 spiro atoms. The minimum absolute atomic E-state index is 0.0616. The maximum Gasteiger partial charge on any atom is 0.250 e. The van der Waals surface area contributed by atoms with Crippen molar-refractivity contribution >= 4 is 0 Å². The zero-order valence-corrected chi connectivity index (χ0v) is 9.13. The molecule has 0 radical (unpaired) electrons. The van der Waals surface area contributed by atoms with Crippen LogP contribution in [0.5, 0.6) is 5.75 Å². The zero-order valence-electron chi connectivity index (χ0n) is 9.13. The number of aryl methyl sites for hydroxylation is 1. The largest absolute Gasteiger partial charge is 0.508 e. The van der Waals surface area contributed by atoms with Gasteiger partial charge in [0.1, 0.15) is 5.75 Å². The molecule has 88 valence electrons. The summed E-state index contributed by atoms with van der Waals surface area (Å²) in [4.78, 5) is 0. The van der Waals surface area contributed by atoms with Gasteiger partial charge in [-0.3, -0.25) is 0 Å². The number of alkyl halides is 2. The molecule has 0 saturated heterocycles. The Hall–Kier alpha value is -1.16. The first kappa shape index (κ1) is 11.3. The van der Waals surface area contributed by atoms with Crippen molar-refractivity contribution in [2.75, 3.05) is 6.54 Å². The molecule has 0 aromatic heterocycles. The minimum atomic E-state index is -2.64. The van der Waals surface area contributed by atoms with E-state index in [1.807, 2.05) is 6.92 Å². The van der Waals surface area contributed by atoms with E-state index in [-0.39, 0.29) is 25.1 Å². The van der Waals surface area contributed by atoms with Crippen molar-refractivity contribution in [3.05, 3.63) is 29.3 Å². The smallest absolute Gasteiger partial charge is 0.250 e. The van der Waals surface area contributed by atoms with Crippen molar-refractivity contribution < 1.29 is 13.9 Å². The maximum absolute atomic E-state index is 13.0. The van der Waals surface area contributed by atoms with Crippen molar-refractivity contribution in [1.82, 2.24) is 0 Å². The number of hydrogen-bond donors (Lipinski definition) is 2. The van der Waals surface area contributed by atoms with Gasteiger partial charge in [0, 0.05) is 30.4 Å². The van der Waals surface area contributed by atoms with E-state index < -0.39 is 11.3 Å². The molecule has 0 amide bonds. The Kier molecular flexibility index (Phi) is 2.42. The van der Waals surface area contributed by atoms with Crippen molar-refractivity contribution in [3.8, 4) is 5.75 Å². The average molecular weight is 227 g/mol. The number of benzene rings is 1. The van der Waals surface area contributed by atoms with Gasteiger partial charge in [0.15, 0.2) is 0 Å². The number of nitrogens with two attached hydrogens (primary N) is 1. The van der Waals surface area contributed by atoms with Crippen molar-refractivity contribution in [1.29, 1.82) is 0 Å². The Morgan fingerprint density at radius 3 is 2.50 bits per heavy atom. The van der Waals surface area contributed by atoms with E-state index in [0.717, 1.165) is 5.56 Å². The molecule has 4 heteroatoms. The maximum atomic E-state index is 13.0. The highest BCUT2D eigenvalue weighted by atomic mass is 19.3. The van der Waals surface area contributed by atoms with Gasteiger partial charge in [-0.05, 0) is 13.0 Å². The summed E-state index contributed by atoms with van der Waals surface area (Å²) in [6, 6.07) is 5.04. The van der Waals surface area contributed by atoms with Gasteiger partial charge < -0.3 is 10.8 Å². The molecule has 1 aromatic carbocycles. The van der Waals surface area contributed by atoms with Gasteiger partial charge in [-0.25, -0.2) is 8.78 Å². The molecule has 1 aromatic rings. The molecule has 16 heavy (non-hydrogen) atoms. The van der Waals surface area contributed by atoms with Crippen molar-refractivity contribution in [2.24, 2.45) is 5.73 Å². The molecule has 1 aliphatic carbocycles. The van der Waals surface area contributed by atoms with Gasteiger partial charge in [0.25, 0.3) is 0 Å². The van der Waals surface area contributed by atoms with Crippen LogP contribution in [0, 0.1) is 6.92 Å². The van der Waals surface area contributed by atoms with E-state index in [9.17, 15) is 13.9 Å². The second kappa shape index (κ2) is 3.42. The molecule has 0 heterocycles. The number of hydrogen-bond acceptors (Lipinski definition) is 2. The normalized spacial score (nSPS) is 21.5. The van der Waals surface area contributed by atoms with Crippen molar-refractivity contribution in [3.63, 3.8) is 0 Å². The number of aromatic hydroxyl groups is 1. The van der Waals surface area contributed by atoms with E-state index in [1.165, 1.54) is 0 Å². The van der Waals surface area contributed by atoms with Crippen LogP contribution in [0.2, 0.25) is 0 Å². The number of phenolic OH excluding ortho intramolecular Hbond substituents is 1. The summed E-state index contributed by atoms with van der Waals surface area (Å²) in [6.45, 7) is 2.00. The summed E-state index contributed by atoms with van der Waals surface area (Å²) in [6.07, 6.45) is -0.541. The summed E-state index contributed by atoms with van der Waals surface area (Å²) in [7, 11) is 0. The van der Waals surface area contributed by atoms with Crippen molar-refractivity contribution in [2.45, 2.75) is 31.1 Å². The molecule has 1 aliphatic rings. The summed E-state index contributed by atoms with van der Waals surface area (Å²) in [5.41, 5.74) is 6.34. The molecular weight excluding hydrogens is 212 g/mol. The molecule has 0 aliphatic heterocycles. The van der Waals surface area contributed by atoms with Gasteiger partial charge in [0.2, 0.25) is 5.92 Å². The highest BCUT2D eigenvalue weighted by molar-refractivity contribution is 5.44. The summed E-state index contributed by atoms with van der Waals surface area (Å²) >= 11 is 0. The predicted octanol–water partition coefficient (Wildman–Crippen LogP) is 2.33. The average Bonchev–Trinajstić information content (AvgIpc) is 2.17. The number of rotatable bonds is 2. The van der Waals surface area contributed by atoms with E-state index >= 15 is 0 Å². The Bertz CT molecular complexity index is 409. The molecule has 2 nitrogen and oxygen atoms in total. The zero-order chi connectivity index (χ0) is 12.0. The van der Waals surface area contributed by atoms with Crippen LogP contribution < -0.4 is 5.73 Å². The SMILES string of the molecule is Cc1ccc(O)c(C2(CN)CC(F)(F)C2)c1. The van der Waals surface area contributed by atoms with E-state index in [4.69, 9.17) is 5.73 Å². The first-order chi connectivity index (χ1) is 7.38. The lowest BCUT2D eigenvalue weighted by molar-refractivity contribution is -0.124. The highest BCUT2D eigenvalue weighted by Gasteiger charge is 2.57. The fraction of sp³-hybridized carbons (Fsp3) is 0.500. The third-order valence-electron chi connectivity index (χ3n) is 3.31. The molecule has 0 bridgehead atoms. The molecule has 0 unspecified atom stereocenters. The Balaban J connectivity index is 2.39. The van der Waals surface area contributed by atoms with Crippen LogP contribution in [0.3, 0.4) is 0 Å². The Morgan fingerprint density at radius 2 is 2.00 bits per heavy atom. The Labute approximate surface area is 93.1 Å². The molecule has 1 fully saturated rings. The second-order valence-electron chi connectivity index (χ2n) is 4.71.